The van der Waals surface area contributed by atoms with Gasteiger partial charge in [0.15, 0.2) is 0 Å². The summed E-state index contributed by atoms with van der Waals surface area (Å²) in [5, 5.41) is 15.8. The molecule has 101 heavy (non-hydrogen) atoms. The molecule has 0 N–H and O–H groups in total. The van der Waals surface area contributed by atoms with E-state index in [-0.39, 0.29) is 18.3 Å². The Balaban J connectivity index is 0.000000139. The average Bonchev–Trinajstić information content (AvgIpc) is 1.43. The number of aryl methyl sites for hydroxylation is 2. The largest absolute Gasteiger partial charge is 0.494 e. The van der Waals surface area contributed by atoms with Crippen LogP contribution in [0.2, 0.25) is 0 Å². The van der Waals surface area contributed by atoms with Crippen molar-refractivity contribution >= 4 is 77.2 Å². The Labute approximate surface area is 593 Å². The molecule has 18 rings (SSSR count). The van der Waals surface area contributed by atoms with Crippen LogP contribution in [0.5, 0.6) is 0 Å². The summed E-state index contributed by atoms with van der Waals surface area (Å²) in [7, 11) is -0.341. The van der Waals surface area contributed by atoms with Gasteiger partial charge in [0, 0.05) is 0 Å². The maximum absolute atomic E-state index is 6.21. The Kier molecular flexibility index (Phi) is 17.2. The van der Waals surface area contributed by atoms with E-state index in [4.69, 9.17) is 9.31 Å². The first-order chi connectivity index (χ1) is 49.3. The molecule has 3 heteroatoms. The molecule has 1 heterocycles. The van der Waals surface area contributed by atoms with Crippen LogP contribution < -0.4 is 5.46 Å². The second-order valence-electron chi connectivity index (χ2n) is 27.9. The van der Waals surface area contributed by atoms with Crippen molar-refractivity contribution in [1.82, 2.24) is 0 Å². The van der Waals surface area contributed by atoms with Gasteiger partial charge in [-0.1, -0.05) is 327 Å². The van der Waals surface area contributed by atoms with Crippen LogP contribution >= 0.6 is 0 Å². The Morgan fingerprint density at radius 1 is 0.178 bits per heavy atom. The first kappa shape index (κ1) is 64.0. The fourth-order valence-electron chi connectivity index (χ4n) is 14.6. The summed E-state index contributed by atoms with van der Waals surface area (Å²) in [6.07, 6.45) is 0. The molecule has 0 atom stereocenters. The second-order valence-corrected chi connectivity index (χ2v) is 27.9. The maximum Gasteiger partial charge on any atom is 0.494 e. The summed E-state index contributed by atoms with van der Waals surface area (Å²) in [4.78, 5) is 0. The van der Waals surface area contributed by atoms with Gasteiger partial charge in [0.2, 0.25) is 0 Å². The highest BCUT2D eigenvalue weighted by Gasteiger charge is 2.51. The van der Waals surface area contributed by atoms with Crippen LogP contribution in [-0.2, 0) is 9.31 Å². The van der Waals surface area contributed by atoms with Gasteiger partial charge in [0.1, 0.15) is 0 Å². The van der Waals surface area contributed by atoms with Crippen LogP contribution in [0.1, 0.15) is 38.8 Å². The third kappa shape index (κ3) is 13.0. The Hall–Kier alpha value is -11.7. The minimum atomic E-state index is -0.341. The van der Waals surface area contributed by atoms with E-state index < -0.39 is 0 Å². The molecule has 0 amide bonds. The molecule has 484 valence electrons. The van der Waals surface area contributed by atoms with Crippen molar-refractivity contribution in [2.75, 3.05) is 0 Å². The molecule has 0 unspecified atom stereocenters. The molecule has 1 aliphatic rings. The van der Waals surface area contributed by atoms with Crippen molar-refractivity contribution in [2.45, 2.75) is 52.7 Å². The lowest BCUT2D eigenvalue weighted by molar-refractivity contribution is 0.00578. The van der Waals surface area contributed by atoms with Gasteiger partial charge in [0.25, 0.3) is 0 Å². The predicted octanol–water partition coefficient (Wildman–Crippen LogP) is 26.2. The molecule has 0 aliphatic carbocycles. The third-order valence-corrected chi connectivity index (χ3v) is 20.7. The van der Waals surface area contributed by atoms with Crippen molar-refractivity contribution < 1.29 is 9.31 Å². The zero-order valence-corrected chi connectivity index (χ0v) is 58.0. The molecular formula is C98H77BO2. The fourth-order valence-corrected chi connectivity index (χ4v) is 14.6. The lowest BCUT2D eigenvalue weighted by atomic mass is 9.78. The molecule has 0 saturated carbocycles. The van der Waals surface area contributed by atoms with Gasteiger partial charge in [-0.05, 0) is 243 Å². The highest BCUT2D eigenvalue weighted by Crippen LogP contribution is 2.43. The zero-order valence-electron chi connectivity index (χ0n) is 58.0. The van der Waals surface area contributed by atoms with E-state index in [1.807, 2.05) is 6.07 Å². The van der Waals surface area contributed by atoms with Crippen molar-refractivity contribution in [3.63, 3.8) is 0 Å². The van der Waals surface area contributed by atoms with Gasteiger partial charge in [-0.25, -0.2) is 0 Å². The summed E-state index contributed by atoms with van der Waals surface area (Å²) >= 11 is 0. The minimum Gasteiger partial charge on any atom is -0.399 e. The van der Waals surface area contributed by atoms with Crippen LogP contribution in [0, 0.1) is 13.8 Å². The number of rotatable bonds is 9. The molecule has 0 radical (unpaired) electrons. The molecule has 0 spiro atoms. The van der Waals surface area contributed by atoms with E-state index in [1.54, 1.807) is 0 Å². The third-order valence-electron chi connectivity index (χ3n) is 20.7. The van der Waals surface area contributed by atoms with E-state index in [9.17, 15) is 0 Å². The number of hydrogen-bond donors (Lipinski definition) is 0. The molecule has 1 saturated heterocycles. The number of hydrogen-bond acceptors (Lipinski definition) is 2. The van der Waals surface area contributed by atoms with Crippen molar-refractivity contribution in [3.8, 4) is 89.0 Å². The molecular weight excluding hydrogens is 1220 g/mol. The van der Waals surface area contributed by atoms with Crippen LogP contribution in [-0.4, -0.2) is 18.3 Å². The first-order valence-corrected chi connectivity index (χ1v) is 35.2. The van der Waals surface area contributed by atoms with Crippen LogP contribution in [0.15, 0.2) is 358 Å². The van der Waals surface area contributed by atoms with Crippen molar-refractivity contribution in [1.29, 1.82) is 0 Å². The molecule has 17 aromatic rings. The summed E-state index contributed by atoms with van der Waals surface area (Å²) in [6, 6.07) is 130. The number of fused-ring (bicyclic) bond motifs is 12. The van der Waals surface area contributed by atoms with Crippen LogP contribution in [0.3, 0.4) is 0 Å². The van der Waals surface area contributed by atoms with Crippen LogP contribution in [0.4, 0.5) is 0 Å². The molecule has 2 nitrogen and oxygen atoms in total. The van der Waals surface area contributed by atoms with E-state index in [0.29, 0.717) is 0 Å². The SMILES string of the molecule is CC1(C)OB(c2cccc(-c3cccc(-c4ccccc4)c3)c2)OC1(C)C.Cc1ccc2c3ccccc3c3ccc(C)cc3c2c1.c1ccc(-c2cccc(-c3cccc(-c4ccc5c6ccccc6c6ccc(-c7cccc(-c8cccc(-c9ccccc9)c8)c7)cc6c5c4)c3)c2)cc1. The van der Waals surface area contributed by atoms with E-state index in [1.165, 1.54) is 165 Å². The van der Waals surface area contributed by atoms with Gasteiger partial charge in [0.05, 0.1) is 11.2 Å². The lowest BCUT2D eigenvalue weighted by Gasteiger charge is -2.32. The Morgan fingerprint density at radius 2 is 0.396 bits per heavy atom. The highest BCUT2D eigenvalue weighted by atomic mass is 16.7. The smallest absolute Gasteiger partial charge is 0.399 e. The molecule has 0 aromatic heterocycles. The van der Waals surface area contributed by atoms with Crippen molar-refractivity contribution in [2.24, 2.45) is 0 Å². The summed E-state index contributed by atoms with van der Waals surface area (Å²) in [5.74, 6) is 0. The topological polar surface area (TPSA) is 18.5 Å². The van der Waals surface area contributed by atoms with E-state index in [2.05, 4.69) is 393 Å². The van der Waals surface area contributed by atoms with Crippen molar-refractivity contribution in [3.05, 3.63) is 369 Å². The highest BCUT2D eigenvalue weighted by molar-refractivity contribution is 6.62. The van der Waals surface area contributed by atoms with Gasteiger partial charge >= 0.3 is 7.12 Å². The van der Waals surface area contributed by atoms with Gasteiger partial charge in [-0.3, -0.25) is 0 Å². The summed E-state index contributed by atoms with van der Waals surface area (Å²) < 4.78 is 12.4. The monoisotopic (exact) mass is 1300 g/mol. The summed E-state index contributed by atoms with van der Waals surface area (Å²) in [6.45, 7) is 12.7. The standard InChI is InChI=1S/C54H36.C24H25BO2.C20H16/c1-3-13-37(14-4-1)39-17-9-19-41(31-39)43-21-11-23-45(33-43)47-27-29-51-49-25-7-8-26-50(49)52-30-28-48(36-54(52)53(51)35-47)46-24-12-22-44(34-46)42-20-10-18-40(32-42)38-15-5-2-6-16-38;1-23(2)24(3,4)27-25(26-23)22-15-9-14-21(17-22)20-13-8-12-19(16-20)18-10-6-5-7-11-18;1-13-7-9-17-15-5-3-4-6-16(15)18-10-8-14(2)12-20(18)19(17)11-13/h1-36H;5-17H,1-4H3;3-12H,1-2H3. The Morgan fingerprint density at radius 3 is 0.703 bits per heavy atom. The molecule has 1 aliphatic heterocycles. The van der Waals surface area contributed by atoms with Gasteiger partial charge in [-0.15, -0.1) is 0 Å². The minimum absolute atomic E-state index is 0.332. The second kappa shape index (κ2) is 27.2. The van der Waals surface area contributed by atoms with E-state index in [0.717, 1.165) is 5.46 Å². The van der Waals surface area contributed by atoms with Gasteiger partial charge < -0.3 is 9.31 Å². The lowest BCUT2D eigenvalue weighted by Crippen LogP contribution is -2.41. The normalized spacial score (nSPS) is 13.1. The Bertz CT molecular complexity index is 5630. The van der Waals surface area contributed by atoms with Gasteiger partial charge in [-0.2, -0.15) is 0 Å². The molecule has 0 bridgehead atoms. The maximum atomic E-state index is 6.21. The first-order valence-electron chi connectivity index (χ1n) is 35.2. The average molecular weight is 1300 g/mol. The quantitative estimate of drug-likeness (QED) is 0.106. The van der Waals surface area contributed by atoms with E-state index >= 15 is 0 Å². The summed E-state index contributed by atoms with van der Waals surface area (Å²) in [5.41, 5.74) is 22.4. The number of benzene rings is 17. The zero-order chi connectivity index (χ0) is 68.6. The molecule has 17 aromatic carbocycles. The fraction of sp³-hybridized carbons (Fsp3) is 0.0816. The molecule has 1 fully saturated rings. The predicted molar refractivity (Wildman–Crippen MR) is 433 cm³/mol. The van der Waals surface area contributed by atoms with Crippen LogP contribution in [0.25, 0.3) is 154 Å².